The van der Waals surface area contributed by atoms with E-state index in [-0.39, 0.29) is 5.95 Å². The van der Waals surface area contributed by atoms with Crippen molar-refractivity contribution in [1.82, 2.24) is 9.97 Å². The number of rotatable bonds is 4. The van der Waals surface area contributed by atoms with Gasteiger partial charge in [0.15, 0.2) is 0 Å². The largest absolute Gasteiger partial charge is 0.481 e. The third-order valence-corrected chi connectivity index (χ3v) is 3.32. The molecule has 94 valence electrons. The summed E-state index contributed by atoms with van der Waals surface area (Å²) in [5.74, 6) is 1.68. The average molecular weight is 236 g/mol. The molecule has 0 spiro atoms. The first-order valence-corrected chi connectivity index (χ1v) is 6.19. The Bertz CT molecular complexity index is 377. The Kier molecular flexibility index (Phi) is 3.66. The van der Waals surface area contributed by atoms with Crippen LogP contribution in [-0.4, -0.2) is 29.7 Å². The normalized spacial score (nSPS) is 16.1. The molecule has 0 atom stereocenters. The highest BCUT2D eigenvalue weighted by atomic mass is 16.5. The third kappa shape index (κ3) is 2.60. The molecule has 5 nitrogen and oxygen atoms in total. The minimum Gasteiger partial charge on any atom is -0.481 e. The summed E-state index contributed by atoms with van der Waals surface area (Å²) in [6.07, 6.45) is 5.08. The van der Waals surface area contributed by atoms with E-state index in [1.54, 1.807) is 7.11 Å². The topological polar surface area (TPSA) is 64.3 Å². The van der Waals surface area contributed by atoms with Gasteiger partial charge in [-0.2, -0.15) is 9.97 Å². The number of nitrogen functional groups attached to an aromatic ring is 1. The van der Waals surface area contributed by atoms with Crippen LogP contribution in [0.15, 0.2) is 6.07 Å². The molecule has 5 heteroatoms. The number of hydrogen-bond donors (Lipinski definition) is 1. The minimum atomic E-state index is 0.274. The molecule has 1 fully saturated rings. The monoisotopic (exact) mass is 236 g/mol. The van der Waals surface area contributed by atoms with Crippen molar-refractivity contribution in [2.75, 3.05) is 24.3 Å². The van der Waals surface area contributed by atoms with E-state index >= 15 is 0 Å². The number of aromatic nitrogens is 2. The van der Waals surface area contributed by atoms with E-state index in [0.29, 0.717) is 11.9 Å². The van der Waals surface area contributed by atoms with E-state index < -0.39 is 0 Å². The Morgan fingerprint density at radius 3 is 2.71 bits per heavy atom. The smallest absolute Gasteiger partial charge is 0.225 e. The molecule has 1 heterocycles. The first-order chi connectivity index (χ1) is 8.24. The summed E-state index contributed by atoms with van der Waals surface area (Å²) in [5.41, 5.74) is 5.70. The van der Waals surface area contributed by atoms with Crippen molar-refractivity contribution in [3.8, 4) is 5.88 Å². The Morgan fingerprint density at radius 1 is 1.41 bits per heavy atom. The van der Waals surface area contributed by atoms with E-state index in [4.69, 9.17) is 10.5 Å². The van der Waals surface area contributed by atoms with Gasteiger partial charge in [0, 0.05) is 18.7 Å². The zero-order chi connectivity index (χ0) is 12.3. The highest BCUT2D eigenvalue weighted by Crippen LogP contribution is 2.28. The maximum absolute atomic E-state index is 5.70. The van der Waals surface area contributed by atoms with Gasteiger partial charge in [-0.1, -0.05) is 12.8 Å². The molecular weight excluding hydrogens is 216 g/mol. The standard InChI is InChI=1S/C12H20N4O/c1-3-16(9-6-4-5-7-9)10-8-11(17-2)15-12(13)14-10/h8-9H,3-7H2,1-2H3,(H2,13,14,15). The Balaban J connectivity index is 2.25. The number of nitrogens with zero attached hydrogens (tertiary/aromatic N) is 3. The maximum atomic E-state index is 5.70. The molecule has 2 N–H and O–H groups in total. The molecule has 0 radical (unpaired) electrons. The highest BCUT2D eigenvalue weighted by molar-refractivity contribution is 5.46. The van der Waals surface area contributed by atoms with Crippen LogP contribution in [0.1, 0.15) is 32.6 Å². The van der Waals surface area contributed by atoms with E-state index in [2.05, 4.69) is 21.8 Å². The van der Waals surface area contributed by atoms with Crippen molar-refractivity contribution in [2.24, 2.45) is 0 Å². The summed E-state index contributed by atoms with van der Waals surface area (Å²) < 4.78 is 5.14. The van der Waals surface area contributed by atoms with Crippen molar-refractivity contribution in [2.45, 2.75) is 38.6 Å². The van der Waals surface area contributed by atoms with Crippen LogP contribution in [0.5, 0.6) is 5.88 Å². The Morgan fingerprint density at radius 2 is 2.12 bits per heavy atom. The van der Waals surface area contributed by atoms with Gasteiger partial charge in [-0.25, -0.2) is 0 Å². The van der Waals surface area contributed by atoms with E-state index in [1.807, 2.05) is 6.07 Å². The molecule has 1 aromatic heterocycles. The van der Waals surface area contributed by atoms with Crippen LogP contribution in [0.3, 0.4) is 0 Å². The van der Waals surface area contributed by atoms with Crippen molar-refractivity contribution < 1.29 is 4.74 Å². The first kappa shape index (κ1) is 12.0. The fourth-order valence-electron chi connectivity index (χ4n) is 2.51. The van der Waals surface area contributed by atoms with Crippen molar-refractivity contribution in [1.29, 1.82) is 0 Å². The Labute approximate surface area is 102 Å². The van der Waals surface area contributed by atoms with Gasteiger partial charge in [0.2, 0.25) is 11.8 Å². The predicted molar refractivity (Wildman–Crippen MR) is 68.3 cm³/mol. The third-order valence-electron chi connectivity index (χ3n) is 3.32. The van der Waals surface area contributed by atoms with Crippen molar-refractivity contribution in [3.05, 3.63) is 6.07 Å². The van der Waals surface area contributed by atoms with Gasteiger partial charge in [0.05, 0.1) is 7.11 Å². The van der Waals surface area contributed by atoms with Gasteiger partial charge in [-0.05, 0) is 19.8 Å². The zero-order valence-electron chi connectivity index (χ0n) is 10.5. The predicted octanol–water partition coefficient (Wildman–Crippen LogP) is 1.84. The molecule has 0 unspecified atom stereocenters. The van der Waals surface area contributed by atoms with Crippen LogP contribution >= 0.6 is 0 Å². The molecule has 1 aliphatic carbocycles. The number of ether oxygens (including phenoxy) is 1. The summed E-state index contributed by atoms with van der Waals surface area (Å²) in [7, 11) is 1.59. The lowest BCUT2D eigenvalue weighted by Gasteiger charge is -2.28. The lowest BCUT2D eigenvalue weighted by molar-refractivity contribution is 0.397. The van der Waals surface area contributed by atoms with E-state index in [1.165, 1.54) is 25.7 Å². The van der Waals surface area contributed by atoms with Gasteiger partial charge in [-0.15, -0.1) is 0 Å². The Hall–Kier alpha value is -1.52. The van der Waals surface area contributed by atoms with Crippen molar-refractivity contribution in [3.63, 3.8) is 0 Å². The molecule has 17 heavy (non-hydrogen) atoms. The van der Waals surface area contributed by atoms with Crippen molar-refractivity contribution >= 4 is 11.8 Å². The molecule has 0 aromatic carbocycles. The van der Waals surface area contributed by atoms with Crippen LogP contribution in [0.4, 0.5) is 11.8 Å². The van der Waals surface area contributed by atoms with Gasteiger partial charge >= 0.3 is 0 Å². The fourth-order valence-corrected chi connectivity index (χ4v) is 2.51. The molecule has 1 aliphatic rings. The minimum absolute atomic E-state index is 0.274. The second kappa shape index (κ2) is 5.21. The molecule has 0 amide bonds. The van der Waals surface area contributed by atoms with Crippen LogP contribution in [0, 0.1) is 0 Å². The van der Waals surface area contributed by atoms with Gasteiger partial charge in [0.1, 0.15) is 5.82 Å². The highest BCUT2D eigenvalue weighted by Gasteiger charge is 2.23. The van der Waals surface area contributed by atoms with Gasteiger partial charge in [-0.3, -0.25) is 0 Å². The van der Waals surface area contributed by atoms with Crippen LogP contribution < -0.4 is 15.4 Å². The molecular formula is C12H20N4O. The number of anilines is 2. The summed E-state index contributed by atoms with van der Waals surface area (Å²) in [4.78, 5) is 10.6. The second-order valence-corrected chi connectivity index (χ2v) is 4.35. The van der Waals surface area contributed by atoms with Crippen LogP contribution in [0.2, 0.25) is 0 Å². The number of methoxy groups -OCH3 is 1. The molecule has 0 saturated heterocycles. The average Bonchev–Trinajstić information content (AvgIpc) is 2.83. The molecule has 0 bridgehead atoms. The molecule has 1 aromatic rings. The lowest BCUT2D eigenvalue weighted by Crippen LogP contribution is -2.33. The summed E-state index contributed by atoms with van der Waals surface area (Å²) in [6.45, 7) is 3.08. The number of hydrogen-bond acceptors (Lipinski definition) is 5. The lowest BCUT2D eigenvalue weighted by atomic mass is 10.2. The van der Waals surface area contributed by atoms with E-state index in [9.17, 15) is 0 Å². The fraction of sp³-hybridized carbons (Fsp3) is 0.667. The molecule has 1 saturated carbocycles. The quantitative estimate of drug-likeness (QED) is 0.864. The number of nitrogens with two attached hydrogens (primary N) is 1. The van der Waals surface area contributed by atoms with Gasteiger partial charge in [0.25, 0.3) is 0 Å². The summed E-state index contributed by atoms with van der Waals surface area (Å²) in [6, 6.07) is 2.44. The zero-order valence-corrected chi connectivity index (χ0v) is 10.5. The second-order valence-electron chi connectivity index (χ2n) is 4.35. The van der Waals surface area contributed by atoms with E-state index in [0.717, 1.165) is 12.4 Å². The first-order valence-electron chi connectivity index (χ1n) is 6.19. The molecule has 2 rings (SSSR count). The van der Waals surface area contributed by atoms with Crippen LogP contribution in [-0.2, 0) is 0 Å². The SMILES string of the molecule is CCN(c1cc(OC)nc(N)n1)C1CCCC1. The summed E-state index contributed by atoms with van der Waals surface area (Å²) >= 11 is 0. The molecule has 0 aliphatic heterocycles. The maximum Gasteiger partial charge on any atom is 0.225 e. The van der Waals surface area contributed by atoms with Crippen LogP contribution in [0.25, 0.3) is 0 Å². The van der Waals surface area contributed by atoms with Gasteiger partial charge < -0.3 is 15.4 Å². The summed E-state index contributed by atoms with van der Waals surface area (Å²) in [5, 5.41) is 0.